The van der Waals surface area contributed by atoms with Crippen LogP contribution in [0.25, 0.3) is 11.1 Å². The van der Waals surface area contributed by atoms with Crippen LogP contribution in [0.3, 0.4) is 0 Å². The first-order valence-corrected chi connectivity index (χ1v) is 8.91. The van der Waals surface area contributed by atoms with Crippen molar-refractivity contribution in [2.75, 3.05) is 10.2 Å². The van der Waals surface area contributed by atoms with E-state index in [1.807, 2.05) is 25.1 Å². The number of amides is 2. The first kappa shape index (κ1) is 17.2. The Morgan fingerprint density at radius 1 is 1.30 bits per heavy atom. The topological polar surface area (TPSA) is 88.3 Å². The number of aromatic nitrogens is 2. The molecule has 2 amide bonds. The van der Waals surface area contributed by atoms with Gasteiger partial charge in [-0.25, -0.2) is 4.98 Å². The number of benzene rings is 1. The molecule has 1 aromatic carbocycles. The van der Waals surface area contributed by atoms with E-state index in [0.717, 1.165) is 12.1 Å². The van der Waals surface area contributed by atoms with Crippen LogP contribution in [0.4, 0.5) is 11.4 Å². The molecule has 27 heavy (non-hydrogen) atoms. The van der Waals surface area contributed by atoms with E-state index in [-0.39, 0.29) is 17.9 Å². The zero-order valence-corrected chi connectivity index (χ0v) is 15.4. The fraction of sp³-hybridized carbons (Fsp3) is 0.300. The van der Waals surface area contributed by atoms with Crippen LogP contribution in [0, 0.1) is 13.8 Å². The lowest BCUT2D eigenvalue weighted by atomic mass is 10.1. The molecule has 1 aliphatic rings. The van der Waals surface area contributed by atoms with Gasteiger partial charge in [0.2, 0.25) is 5.91 Å². The van der Waals surface area contributed by atoms with E-state index < -0.39 is 0 Å². The number of nitrogens with zero attached hydrogens (tertiary/aromatic N) is 3. The number of nitrogens with one attached hydrogen (secondary N) is 1. The van der Waals surface area contributed by atoms with Gasteiger partial charge in [-0.1, -0.05) is 11.2 Å². The normalized spacial score (nSPS) is 16.9. The van der Waals surface area contributed by atoms with Gasteiger partial charge >= 0.3 is 0 Å². The Labute approximate surface area is 156 Å². The van der Waals surface area contributed by atoms with Gasteiger partial charge in [0.1, 0.15) is 0 Å². The summed E-state index contributed by atoms with van der Waals surface area (Å²) in [6, 6.07) is 9.22. The fourth-order valence-corrected chi connectivity index (χ4v) is 3.55. The predicted molar refractivity (Wildman–Crippen MR) is 102 cm³/mol. The molecule has 0 spiro atoms. The van der Waals surface area contributed by atoms with E-state index in [9.17, 15) is 9.59 Å². The quantitative estimate of drug-likeness (QED) is 0.767. The van der Waals surface area contributed by atoms with Gasteiger partial charge in [0.05, 0.1) is 16.6 Å². The Morgan fingerprint density at radius 2 is 2.11 bits per heavy atom. The van der Waals surface area contributed by atoms with E-state index in [2.05, 4.69) is 15.5 Å². The molecule has 1 fully saturated rings. The Hall–Kier alpha value is -3.22. The number of hydrogen-bond acceptors (Lipinski definition) is 5. The number of aryl methyl sites for hydroxylation is 2. The van der Waals surface area contributed by atoms with Crippen molar-refractivity contribution in [2.45, 2.75) is 39.7 Å². The predicted octanol–water partition coefficient (Wildman–Crippen LogP) is 3.61. The third-order valence-corrected chi connectivity index (χ3v) is 4.86. The zero-order valence-electron chi connectivity index (χ0n) is 15.4. The fourth-order valence-electron chi connectivity index (χ4n) is 3.55. The lowest BCUT2D eigenvalue weighted by molar-refractivity contribution is -0.117. The van der Waals surface area contributed by atoms with Crippen LogP contribution in [-0.2, 0) is 4.79 Å². The van der Waals surface area contributed by atoms with Gasteiger partial charge in [-0.05, 0) is 51.5 Å². The van der Waals surface area contributed by atoms with Crippen LogP contribution >= 0.6 is 0 Å². The van der Waals surface area contributed by atoms with Gasteiger partial charge in [-0.15, -0.1) is 0 Å². The van der Waals surface area contributed by atoms with Gasteiger partial charge in [-0.3, -0.25) is 9.59 Å². The van der Waals surface area contributed by atoms with Crippen LogP contribution in [-0.4, -0.2) is 28.0 Å². The molecule has 0 bridgehead atoms. The zero-order chi connectivity index (χ0) is 19.1. The molecule has 3 aromatic rings. The minimum Gasteiger partial charge on any atom is -0.336 e. The van der Waals surface area contributed by atoms with Gasteiger partial charge in [0, 0.05) is 29.5 Å². The summed E-state index contributed by atoms with van der Waals surface area (Å²) < 4.78 is 5.20. The second-order valence-electron chi connectivity index (χ2n) is 6.92. The average molecular weight is 364 g/mol. The van der Waals surface area contributed by atoms with Gasteiger partial charge < -0.3 is 14.7 Å². The summed E-state index contributed by atoms with van der Waals surface area (Å²) in [5.41, 5.74) is 3.53. The molecule has 1 atom stereocenters. The van der Waals surface area contributed by atoms with E-state index in [4.69, 9.17) is 4.52 Å². The summed E-state index contributed by atoms with van der Waals surface area (Å²) in [6.45, 7) is 5.61. The first-order chi connectivity index (χ1) is 12.9. The third kappa shape index (κ3) is 3.05. The van der Waals surface area contributed by atoms with Crippen molar-refractivity contribution in [3.05, 3.63) is 47.3 Å². The molecule has 1 aliphatic heterocycles. The van der Waals surface area contributed by atoms with Crippen LogP contribution < -0.4 is 10.2 Å². The summed E-state index contributed by atoms with van der Waals surface area (Å²) >= 11 is 0. The molecule has 0 radical (unpaired) electrons. The molecule has 1 unspecified atom stereocenters. The molecule has 0 saturated carbocycles. The second-order valence-corrected chi connectivity index (χ2v) is 6.92. The highest BCUT2D eigenvalue weighted by Crippen LogP contribution is 2.29. The summed E-state index contributed by atoms with van der Waals surface area (Å²) in [4.78, 5) is 31.1. The number of pyridine rings is 1. The maximum Gasteiger partial charge on any atom is 0.258 e. The molecule has 1 N–H and O–H groups in total. The van der Waals surface area contributed by atoms with Crippen molar-refractivity contribution in [1.82, 2.24) is 10.1 Å². The van der Waals surface area contributed by atoms with E-state index in [0.29, 0.717) is 40.2 Å². The van der Waals surface area contributed by atoms with Crippen molar-refractivity contribution in [2.24, 2.45) is 0 Å². The average Bonchev–Trinajstić information content (AvgIpc) is 3.16. The number of carbonyl (C=O) groups is 2. The molecular weight excluding hydrogens is 344 g/mol. The largest absolute Gasteiger partial charge is 0.336 e. The van der Waals surface area contributed by atoms with Gasteiger partial charge in [0.15, 0.2) is 0 Å². The monoisotopic (exact) mass is 364 g/mol. The van der Waals surface area contributed by atoms with Crippen molar-refractivity contribution in [3.63, 3.8) is 0 Å². The van der Waals surface area contributed by atoms with Crippen molar-refractivity contribution >= 4 is 34.3 Å². The summed E-state index contributed by atoms with van der Waals surface area (Å²) in [6.07, 6.45) is 1.40. The maximum absolute atomic E-state index is 12.9. The smallest absolute Gasteiger partial charge is 0.258 e. The van der Waals surface area contributed by atoms with Crippen molar-refractivity contribution in [1.29, 1.82) is 0 Å². The SMILES string of the molecule is Cc1cc(C(=O)Nc2cccc(N3C(=O)CCC3C)c2)c2c(C)noc2n1. The van der Waals surface area contributed by atoms with Crippen LogP contribution in [0.1, 0.15) is 41.5 Å². The molecule has 7 heteroatoms. The van der Waals surface area contributed by atoms with Crippen LogP contribution in [0.5, 0.6) is 0 Å². The minimum absolute atomic E-state index is 0.109. The second kappa shape index (κ2) is 6.50. The van der Waals surface area contributed by atoms with E-state index in [1.165, 1.54) is 0 Å². The number of rotatable bonds is 3. The minimum atomic E-state index is -0.269. The molecule has 3 heterocycles. The van der Waals surface area contributed by atoms with Gasteiger partial charge in [-0.2, -0.15) is 0 Å². The van der Waals surface area contributed by atoms with Crippen molar-refractivity contribution < 1.29 is 14.1 Å². The third-order valence-electron chi connectivity index (χ3n) is 4.86. The summed E-state index contributed by atoms with van der Waals surface area (Å²) in [5, 5.41) is 7.43. The lowest BCUT2D eigenvalue weighted by Crippen LogP contribution is -2.30. The van der Waals surface area contributed by atoms with Crippen LogP contribution in [0.15, 0.2) is 34.9 Å². The summed E-state index contributed by atoms with van der Waals surface area (Å²) in [7, 11) is 0. The highest BCUT2D eigenvalue weighted by molar-refractivity contribution is 6.12. The number of hydrogen-bond donors (Lipinski definition) is 1. The van der Waals surface area contributed by atoms with E-state index in [1.54, 1.807) is 30.9 Å². The van der Waals surface area contributed by atoms with Gasteiger partial charge in [0.25, 0.3) is 11.6 Å². The molecule has 0 aliphatic carbocycles. The molecule has 7 nitrogen and oxygen atoms in total. The highest BCUT2D eigenvalue weighted by Gasteiger charge is 2.29. The standard InChI is InChI=1S/C20H20N4O3/c1-11-9-16(18-13(3)23-27-20(18)21-11)19(26)22-14-5-4-6-15(10-14)24-12(2)7-8-17(24)25/h4-6,9-10,12H,7-8H2,1-3H3,(H,22,26). The number of carbonyl (C=O) groups excluding carboxylic acids is 2. The number of fused-ring (bicyclic) bond motifs is 1. The number of anilines is 2. The Bertz CT molecular complexity index is 1060. The molecule has 1 saturated heterocycles. The Balaban J connectivity index is 1.65. The molecular formula is C20H20N4O3. The molecule has 4 rings (SSSR count). The van der Waals surface area contributed by atoms with Crippen molar-refractivity contribution in [3.8, 4) is 0 Å². The Kier molecular flexibility index (Phi) is 4.14. The molecule has 138 valence electrons. The molecule has 2 aromatic heterocycles. The lowest BCUT2D eigenvalue weighted by Gasteiger charge is -2.22. The Morgan fingerprint density at radius 3 is 2.85 bits per heavy atom. The maximum atomic E-state index is 12.9. The van der Waals surface area contributed by atoms with Crippen LogP contribution in [0.2, 0.25) is 0 Å². The highest BCUT2D eigenvalue weighted by atomic mass is 16.5. The van der Waals surface area contributed by atoms with E-state index >= 15 is 0 Å². The first-order valence-electron chi connectivity index (χ1n) is 8.91. The summed E-state index contributed by atoms with van der Waals surface area (Å²) in [5.74, 6) is -0.160.